The second-order valence-electron chi connectivity index (χ2n) is 5.99. The van der Waals surface area contributed by atoms with Crippen LogP contribution in [0.3, 0.4) is 0 Å². The van der Waals surface area contributed by atoms with E-state index in [1.165, 1.54) is 25.5 Å². The van der Waals surface area contributed by atoms with E-state index in [2.05, 4.69) is 20.8 Å². The lowest BCUT2D eigenvalue weighted by atomic mass is 10.1. The minimum atomic E-state index is -0.547. The number of thiophene rings is 1. The molecule has 0 bridgehead atoms. The first-order valence-electron chi connectivity index (χ1n) is 8.85. The Balaban J connectivity index is 1.92. The van der Waals surface area contributed by atoms with Gasteiger partial charge < -0.3 is 10.1 Å². The second kappa shape index (κ2) is 9.47. The van der Waals surface area contributed by atoms with E-state index in [0.717, 1.165) is 11.3 Å². The van der Waals surface area contributed by atoms with E-state index >= 15 is 0 Å². The fraction of sp³-hybridized carbons (Fsp3) is 0.150. The Labute approximate surface area is 180 Å². The first-order valence-corrected chi connectivity index (χ1v) is 10.0. The number of ether oxygens (including phenoxy) is 1. The minimum Gasteiger partial charge on any atom is -0.462 e. The van der Waals surface area contributed by atoms with Gasteiger partial charge in [-0.2, -0.15) is 5.10 Å². The van der Waals surface area contributed by atoms with Gasteiger partial charge in [0.05, 0.1) is 22.5 Å². The Hall–Kier alpha value is -3.30. The van der Waals surface area contributed by atoms with Gasteiger partial charge in [0.15, 0.2) is 0 Å². The van der Waals surface area contributed by atoms with E-state index < -0.39 is 5.97 Å². The van der Waals surface area contributed by atoms with Crippen LogP contribution in [0, 0.1) is 0 Å². The van der Waals surface area contributed by atoms with Crippen molar-refractivity contribution in [2.24, 2.45) is 5.10 Å². The van der Waals surface area contributed by atoms with Gasteiger partial charge in [0.1, 0.15) is 10.6 Å². The Morgan fingerprint density at radius 1 is 1.23 bits per heavy atom. The smallest absolute Gasteiger partial charge is 0.341 e. The van der Waals surface area contributed by atoms with Crippen LogP contribution in [-0.2, 0) is 9.53 Å². The second-order valence-corrected chi connectivity index (χ2v) is 7.39. The molecule has 2 heterocycles. The van der Waals surface area contributed by atoms with E-state index in [1.54, 1.807) is 31.2 Å². The molecule has 0 aliphatic carbocycles. The summed E-state index contributed by atoms with van der Waals surface area (Å²) < 4.78 is 5.71. The average molecular weight is 445 g/mol. The first-order chi connectivity index (χ1) is 14.4. The highest BCUT2D eigenvalue weighted by atomic mass is 35.5. The van der Waals surface area contributed by atoms with Crippen molar-refractivity contribution < 1.29 is 19.1 Å². The van der Waals surface area contributed by atoms with Gasteiger partial charge in [-0.15, -0.1) is 11.3 Å². The average Bonchev–Trinajstić information content (AvgIpc) is 3.08. The molecule has 0 saturated carbocycles. The number of anilines is 1. The molecule has 0 aliphatic heterocycles. The molecule has 0 unspecified atom stereocenters. The van der Waals surface area contributed by atoms with Crippen LogP contribution >= 0.6 is 22.9 Å². The molecular weight excluding hydrogens is 428 g/mol. The summed E-state index contributed by atoms with van der Waals surface area (Å²) in [6.45, 7) is 3.25. The number of nitrogens with one attached hydrogen (secondary N) is 2. The molecule has 0 radical (unpaired) electrons. The quantitative estimate of drug-likeness (QED) is 0.341. The van der Waals surface area contributed by atoms with Gasteiger partial charge in [0.2, 0.25) is 5.91 Å². The minimum absolute atomic E-state index is 0.200. The van der Waals surface area contributed by atoms with Gasteiger partial charge in [-0.3, -0.25) is 14.6 Å². The Bertz CT molecular complexity index is 1140. The van der Waals surface area contributed by atoms with Crippen LogP contribution < -0.4 is 10.7 Å². The lowest BCUT2D eigenvalue weighted by molar-refractivity contribution is -0.114. The normalized spacial score (nSPS) is 10.9. The summed E-state index contributed by atoms with van der Waals surface area (Å²) in [5, 5.41) is 7.85. The van der Waals surface area contributed by atoms with Crippen molar-refractivity contribution in [3.8, 4) is 0 Å². The number of halogens is 1. The van der Waals surface area contributed by atoms with Crippen LogP contribution in [0.4, 0.5) is 5.00 Å². The Morgan fingerprint density at radius 3 is 2.63 bits per heavy atom. The van der Waals surface area contributed by atoms with Gasteiger partial charge in [-0.05, 0) is 19.1 Å². The van der Waals surface area contributed by atoms with Crippen molar-refractivity contribution in [1.82, 2.24) is 10.4 Å². The molecule has 0 saturated heterocycles. The SMILES string of the molecule is CCOC(=O)c1c(NC(C)=O)sc2c(Cl)c(/C=N/NC(=O)c3ccncc3)ccc12. The maximum absolute atomic E-state index is 12.4. The Morgan fingerprint density at radius 2 is 1.97 bits per heavy atom. The van der Waals surface area contributed by atoms with Crippen LogP contribution in [0.2, 0.25) is 5.02 Å². The zero-order valence-electron chi connectivity index (χ0n) is 16.1. The van der Waals surface area contributed by atoms with Crippen LogP contribution in [0.5, 0.6) is 0 Å². The fourth-order valence-electron chi connectivity index (χ4n) is 2.63. The number of aromatic nitrogens is 1. The Kier molecular flexibility index (Phi) is 6.76. The molecule has 0 aliphatic rings. The number of fused-ring (bicyclic) bond motifs is 1. The molecule has 2 amide bonds. The van der Waals surface area contributed by atoms with E-state index in [1.807, 2.05) is 0 Å². The molecule has 3 aromatic rings. The number of esters is 1. The van der Waals surface area contributed by atoms with Crippen LogP contribution in [-0.4, -0.2) is 35.6 Å². The van der Waals surface area contributed by atoms with Gasteiger partial charge in [-0.25, -0.2) is 10.2 Å². The number of amides is 2. The number of hydrogen-bond donors (Lipinski definition) is 2. The van der Waals surface area contributed by atoms with Crippen molar-refractivity contribution in [2.45, 2.75) is 13.8 Å². The summed E-state index contributed by atoms with van der Waals surface area (Å²) in [6.07, 6.45) is 4.42. The molecule has 10 heteroatoms. The number of hydrazone groups is 1. The van der Waals surface area contributed by atoms with Crippen molar-refractivity contribution in [3.63, 3.8) is 0 Å². The summed E-state index contributed by atoms with van der Waals surface area (Å²) >= 11 is 7.67. The van der Waals surface area contributed by atoms with E-state index in [0.29, 0.717) is 31.2 Å². The predicted octanol–water partition coefficient (Wildman–Crippen LogP) is 3.85. The lowest BCUT2D eigenvalue weighted by Gasteiger charge is -2.05. The molecule has 8 nitrogen and oxygen atoms in total. The third-order valence-electron chi connectivity index (χ3n) is 3.91. The maximum Gasteiger partial charge on any atom is 0.341 e. The van der Waals surface area contributed by atoms with Gasteiger partial charge in [0, 0.05) is 35.8 Å². The summed E-state index contributed by atoms with van der Waals surface area (Å²) in [5.74, 6) is -1.25. The zero-order chi connectivity index (χ0) is 21.7. The zero-order valence-corrected chi connectivity index (χ0v) is 17.6. The summed E-state index contributed by atoms with van der Waals surface area (Å²) in [7, 11) is 0. The predicted molar refractivity (Wildman–Crippen MR) is 116 cm³/mol. The van der Waals surface area contributed by atoms with E-state index in [-0.39, 0.29) is 24.0 Å². The third kappa shape index (κ3) is 4.64. The van der Waals surface area contributed by atoms with Crippen LogP contribution in [0.15, 0.2) is 41.8 Å². The number of carbonyl (C=O) groups is 3. The molecule has 0 spiro atoms. The number of rotatable bonds is 6. The molecule has 2 aromatic heterocycles. The molecule has 30 heavy (non-hydrogen) atoms. The molecule has 3 rings (SSSR count). The van der Waals surface area contributed by atoms with Crippen LogP contribution in [0.1, 0.15) is 40.1 Å². The number of carbonyl (C=O) groups excluding carboxylic acids is 3. The van der Waals surface area contributed by atoms with Crippen molar-refractivity contribution in [3.05, 3.63) is 58.4 Å². The number of benzene rings is 1. The van der Waals surface area contributed by atoms with Crippen molar-refractivity contribution in [1.29, 1.82) is 0 Å². The maximum atomic E-state index is 12.4. The third-order valence-corrected chi connectivity index (χ3v) is 5.57. The van der Waals surface area contributed by atoms with Gasteiger partial charge >= 0.3 is 5.97 Å². The summed E-state index contributed by atoms with van der Waals surface area (Å²) in [5.41, 5.74) is 3.62. The molecule has 2 N–H and O–H groups in total. The van der Waals surface area contributed by atoms with Crippen molar-refractivity contribution >= 4 is 62.0 Å². The molecule has 1 aromatic carbocycles. The molecule has 154 valence electrons. The first kappa shape index (κ1) is 21.4. The van der Waals surface area contributed by atoms with Gasteiger partial charge in [0.25, 0.3) is 5.91 Å². The van der Waals surface area contributed by atoms with Crippen LogP contribution in [0.25, 0.3) is 10.1 Å². The summed E-state index contributed by atoms with van der Waals surface area (Å²) in [6, 6.07) is 6.49. The molecular formula is C20H17ClN4O4S. The fourth-order valence-corrected chi connectivity index (χ4v) is 4.14. The highest BCUT2D eigenvalue weighted by Crippen LogP contribution is 2.41. The topological polar surface area (TPSA) is 110 Å². The highest BCUT2D eigenvalue weighted by Gasteiger charge is 2.23. The number of pyridine rings is 1. The molecule has 0 fully saturated rings. The monoisotopic (exact) mass is 444 g/mol. The lowest BCUT2D eigenvalue weighted by Crippen LogP contribution is -2.17. The number of hydrogen-bond acceptors (Lipinski definition) is 7. The van der Waals surface area contributed by atoms with E-state index in [9.17, 15) is 14.4 Å². The van der Waals surface area contributed by atoms with Gasteiger partial charge in [-0.1, -0.05) is 23.7 Å². The number of nitrogens with zero attached hydrogens (tertiary/aromatic N) is 2. The standard InChI is InChI=1S/C20H17ClN4O4S/c1-3-29-20(28)15-14-5-4-13(16(21)17(14)30-19(15)24-11(2)26)10-23-25-18(27)12-6-8-22-9-7-12/h4-10H,3H2,1-2H3,(H,24,26)(H,25,27)/b23-10+. The van der Waals surface area contributed by atoms with Crippen molar-refractivity contribution in [2.75, 3.05) is 11.9 Å². The molecule has 0 atom stereocenters. The summed E-state index contributed by atoms with van der Waals surface area (Å²) in [4.78, 5) is 39.9. The highest BCUT2D eigenvalue weighted by molar-refractivity contribution is 7.24. The largest absolute Gasteiger partial charge is 0.462 e. The van der Waals surface area contributed by atoms with E-state index in [4.69, 9.17) is 16.3 Å².